The van der Waals surface area contributed by atoms with Crippen molar-refractivity contribution in [2.24, 2.45) is 0 Å². The highest BCUT2D eigenvalue weighted by molar-refractivity contribution is 5.97. The molecular weight excluding hydrogens is 348 g/mol. The summed E-state index contributed by atoms with van der Waals surface area (Å²) in [5.74, 6) is 0.825. The number of nitrogens with one attached hydrogen (secondary N) is 1. The maximum Gasteiger partial charge on any atom is 0.231 e. The molecule has 0 unspecified atom stereocenters. The van der Waals surface area contributed by atoms with Crippen LogP contribution in [0.4, 0.5) is 5.69 Å². The first-order valence-electron chi connectivity index (χ1n) is 9.28. The van der Waals surface area contributed by atoms with Crippen molar-refractivity contribution in [3.8, 4) is 5.75 Å². The lowest BCUT2D eigenvalue weighted by Crippen LogP contribution is -2.31. The van der Waals surface area contributed by atoms with E-state index in [0.717, 1.165) is 33.5 Å². The van der Waals surface area contributed by atoms with Gasteiger partial charge in [-0.3, -0.25) is 4.79 Å². The molecule has 1 heterocycles. The van der Waals surface area contributed by atoms with E-state index >= 15 is 0 Å². The lowest BCUT2D eigenvalue weighted by atomic mass is 10.1. The predicted octanol–water partition coefficient (Wildman–Crippen LogP) is 4.95. The summed E-state index contributed by atoms with van der Waals surface area (Å²) in [6.07, 6.45) is 2.26. The van der Waals surface area contributed by atoms with Gasteiger partial charge in [0.1, 0.15) is 5.75 Å². The Hall–Kier alpha value is -3.53. The number of benzene rings is 3. The topological polar surface area (TPSA) is 45.3 Å². The van der Waals surface area contributed by atoms with E-state index in [1.54, 1.807) is 7.11 Å². The molecule has 0 radical (unpaired) electrons. The number of para-hydroxylation sites is 1. The average molecular weight is 370 g/mol. The number of hydrogen-bond acceptors (Lipinski definition) is 2. The second kappa shape index (κ2) is 8.01. The van der Waals surface area contributed by atoms with E-state index in [0.29, 0.717) is 13.0 Å². The number of hydrogen-bond donors (Lipinski definition) is 1. The molecule has 4 aromatic rings. The van der Waals surface area contributed by atoms with Crippen LogP contribution in [-0.2, 0) is 17.8 Å². The number of amides is 1. The number of aromatic nitrogens is 1. The van der Waals surface area contributed by atoms with E-state index in [4.69, 9.17) is 4.74 Å². The van der Waals surface area contributed by atoms with Crippen LogP contribution in [0.15, 0.2) is 85.1 Å². The molecule has 1 amide bonds. The Morgan fingerprint density at radius 1 is 0.929 bits per heavy atom. The second-order valence-electron chi connectivity index (χ2n) is 6.70. The van der Waals surface area contributed by atoms with Crippen molar-refractivity contribution in [2.75, 3.05) is 12.0 Å². The van der Waals surface area contributed by atoms with Gasteiger partial charge in [-0.1, -0.05) is 48.5 Å². The zero-order valence-corrected chi connectivity index (χ0v) is 15.8. The number of ether oxygens (including phenoxy) is 1. The van der Waals surface area contributed by atoms with Gasteiger partial charge in [-0.15, -0.1) is 0 Å². The molecule has 1 N–H and O–H groups in total. The number of aromatic amines is 1. The highest BCUT2D eigenvalue weighted by Gasteiger charge is 2.18. The van der Waals surface area contributed by atoms with E-state index in [-0.39, 0.29) is 5.91 Å². The Bertz CT molecular complexity index is 1070. The van der Waals surface area contributed by atoms with E-state index in [1.807, 2.05) is 90.0 Å². The molecule has 0 spiro atoms. The fourth-order valence-corrected chi connectivity index (χ4v) is 3.39. The first kappa shape index (κ1) is 17.9. The standard InChI is InChI=1S/C24H22N2O2/c1-28-21-13-11-20(12-14-21)26(17-18-7-3-2-4-8-18)24(27)15-19-16-25-23-10-6-5-9-22(19)23/h2-14,16,25H,15,17H2,1H3. The molecule has 0 saturated carbocycles. The summed E-state index contributed by atoms with van der Waals surface area (Å²) in [5, 5.41) is 1.09. The van der Waals surface area contributed by atoms with Gasteiger partial charge in [0, 0.05) is 22.8 Å². The molecule has 4 rings (SSSR count). The lowest BCUT2D eigenvalue weighted by Gasteiger charge is -2.23. The molecule has 0 aliphatic rings. The molecule has 0 fully saturated rings. The summed E-state index contributed by atoms with van der Waals surface area (Å²) in [7, 11) is 1.64. The number of anilines is 1. The van der Waals surface area contributed by atoms with E-state index in [1.165, 1.54) is 0 Å². The fourth-order valence-electron chi connectivity index (χ4n) is 3.39. The third kappa shape index (κ3) is 3.76. The van der Waals surface area contributed by atoms with Gasteiger partial charge in [0.2, 0.25) is 5.91 Å². The van der Waals surface area contributed by atoms with Crippen molar-refractivity contribution in [2.45, 2.75) is 13.0 Å². The summed E-state index contributed by atoms with van der Waals surface area (Å²) in [5.41, 5.74) is 4.00. The van der Waals surface area contributed by atoms with Gasteiger partial charge in [0.15, 0.2) is 0 Å². The molecule has 140 valence electrons. The van der Waals surface area contributed by atoms with Crippen molar-refractivity contribution < 1.29 is 9.53 Å². The monoisotopic (exact) mass is 370 g/mol. The highest BCUT2D eigenvalue weighted by atomic mass is 16.5. The maximum absolute atomic E-state index is 13.3. The summed E-state index contributed by atoms with van der Waals surface area (Å²) >= 11 is 0. The molecule has 4 heteroatoms. The zero-order chi connectivity index (χ0) is 19.3. The molecule has 0 aliphatic heterocycles. The average Bonchev–Trinajstić information content (AvgIpc) is 3.16. The minimum atomic E-state index is 0.0544. The van der Waals surface area contributed by atoms with Gasteiger partial charge >= 0.3 is 0 Å². The third-order valence-electron chi connectivity index (χ3n) is 4.89. The van der Waals surface area contributed by atoms with E-state index in [9.17, 15) is 4.79 Å². The molecule has 4 nitrogen and oxygen atoms in total. The van der Waals surface area contributed by atoms with Crippen LogP contribution in [0, 0.1) is 0 Å². The van der Waals surface area contributed by atoms with Crippen molar-refractivity contribution in [1.82, 2.24) is 4.98 Å². The summed E-state index contributed by atoms with van der Waals surface area (Å²) < 4.78 is 5.25. The molecule has 0 bridgehead atoms. The van der Waals surface area contributed by atoms with Gasteiger partial charge in [-0.05, 0) is 41.5 Å². The fraction of sp³-hybridized carbons (Fsp3) is 0.125. The third-order valence-corrected chi connectivity index (χ3v) is 4.89. The van der Waals surface area contributed by atoms with E-state index in [2.05, 4.69) is 4.98 Å². The first-order chi connectivity index (χ1) is 13.7. The minimum Gasteiger partial charge on any atom is -0.497 e. The SMILES string of the molecule is COc1ccc(N(Cc2ccccc2)C(=O)Cc2c[nH]c3ccccc23)cc1. The van der Waals surface area contributed by atoms with Crippen molar-refractivity contribution >= 4 is 22.5 Å². The van der Waals surface area contributed by atoms with Gasteiger partial charge in [-0.25, -0.2) is 0 Å². The molecule has 0 saturated heterocycles. The van der Waals surface area contributed by atoms with E-state index < -0.39 is 0 Å². The Balaban J connectivity index is 1.64. The van der Waals surface area contributed by atoms with Crippen LogP contribution < -0.4 is 9.64 Å². The number of fused-ring (bicyclic) bond motifs is 1. The van der Waals surface area contributed by atoms with Gasteiger partial charge in [0.05, 0.1) is 20.1 Å². The largest absolute Gasteiger partial charge is 0.497 e. The molecular formula is C24H22N2O2. The zero-order valence-electron chi connectivity index (χ0n) is 15.8. The normalized spacial score (nSPS) is 10.8. The van der Waals surface area contributed by atoms with Crippen LogP contribution in [0.3, 0.4) is 0 Å². The predicted molar refractivity (Wildman–Crippen MR) is 113 cm³/mol. The van der Waals surface area contributed by atoms with Gasteiger partial charge in [0.25, 0.3) is 0 Å². The Kier molecular flexibility index (Phi) is 5.11. The molecule has 0 atom stereocenters. The number of carbonyl (C=O) groups is 1. The number of rotatable bonds is 6. The minimum absolute atomic E-state index is 0.0544. The van der Waals surface area contributed by atoms with Crippen molar-refractivity contribution in [3.05, 3.63) is 96.2 Å². The number of nitrogens with zero attached hydrogens (tertiary/aromatic N) is 1. The number of H-pyrrole nitrogens is 1. The summed E-state index contributed by atoms with van der Waals surface area (Å²) in [6, 6.07) is 25.7. The molecule has 28 heavy (non-hydrogen) atoms. The molecule has 0 aliphatic carbocycles. The van der Waals surface area contributed by atoms with Crippen LogP contribution in [0.5, 0.6) is 5.75 Å². The summed E-state index contributed by atoms with van der Waals surface area (Å²) in [4.78, 5) is 18.4. The van der Waals surface area contributed by atoms with Crippen LogP contribution >= 0.6 is 0 Å². The quantitative estimate of drug-likeness (QED) is 0.522. The summed E-state index contributed by atoms with van der Waals surface area (Å²) in [6.45, 7) is 0.522. The van der Waals surface area contributed by atoms with Crippen molar-refractivity contribution in [3.63, 3.8) is 0 Å². The van der Waals surface area contributed by atoms with Crippen LogP contribution in [0.25, 0.3) is 10.9 Å². The smallest absolute Gasteiger partial charge is 0.231 e. The number of carbonyl (C=O) groups excluding carboxylic acids is 1. The molecule has 3 aromatic carbocycles. The Labute approximate surface area is 164 Å². The number of methoxy groups -OCH3 is 1. The van der Waals surface area contributed by atoms with Crippen LogP contribution in [0.2, 0.25) is 0 Å². The van der Waals surface area contributed by atoms with Gasteiger partial charge in [-0.2, -0.15) is 0 Å². The first-order valence-corrected chi connectivity index (χ1v) is 9.28. The van der Waals surface area contributed by atoms with Crippen LogP contribution in [-0.4, -0.2) is 18.0 Å². The molecule has 1 aromatic heterocycles. The van der Waals surface area contributed by atoms with Crippen molar-refractivity contribution in [1.29, 1.82) is 0 Å². The van der Waals surface area contributed by atoms with Gasteiger partial charge < -0.3 is 14.6 Å². The second-order valence-corrected chi connectivity index (χ2v) is 6.70. The lowest BCUT2D eigenvalue weighted by molar-refractivity contribution is -0.118. The Morgan fingerprint density at radius 2 is 1.64 bits per heavy atom. The maximum atomic E-state index is 13.3. The highest BCUT2D eigenvalue weighted by Crippen LogP contribution is 2.24. The Morgan fingerprint density at radius 3 is 2.39 bits per heavy atom. The van der Waals surface area contributed by atoms with Crippen LogP contribution in [0.1, 0.15) is 11.1 Å².